The summed E-state index contributed by atoms with van der Waals surface area (Å²) in [7, 11) is 0. The van der Waals surface area contributed by atoms with E-state index in [9.17, 15) is 14.4 Å². The molecule has 1 aromatic rings. The molecule has 8 nitrogen and oxygen atoms in total. The molecular formula is C19H25BrN2O6. The zero-order valence-electron chi connectivity index (χ0n) is 16.2. The topological polar surface area (TPSA) is 103 Å². The van der Waals surface area contributed by atoms with Crippen LogP contribution in [0.3, 0.4) is 0 Å². The number of carbonyl (C=O) groups excluding carboxylic acids is 3. The quantitative estimate of drug-likeness (QED) is 0.607. The first-order chi connectivity index (χ1) is 13.4. The minimum atomic E-state index is -0.501. The number of esters is 2. The minimum Gasteiger partial charge on any atom is -0.479 e. The van der Waals surface area contributed by atoms with E-state index in [1.165, 1.54) is 6.92 Å². The van der Waals surface area contributed by atoms with Crippen molar-refractivity contribution in [2.24, 2.45) is 5.92 Å². The highest BCUT2D eigenvalue weighted by Crippen LogP contribution is 2.43. The standard InChI is InChI=1S/C19H25BrN2O6/c1-4-26-16(24)10-28-18-15(22-11(3)23)8-14-13(17(18)20)7-6-12(9-21-14)19(25)27-5-2/h8,12,21H,4-7,9-10H2,1-3H3,(H,22,23). The van der Waals surface area contributed by atoms with Gasteiger partial charge in [0.1, 0.15) is 0 Å². The molecule has 1 unspecified atom stereocenters. The van der Waals surface area contributed by atoms with Gasteiger partial charge in [-0.05, 0) is 54.2 Å². The number of hydrogen-bond donors (Lipinski definition) is 2. The van der Waals surface area contributed by atoms with Gasteiger partial charge in [-0.25, -0.2) is 4.79 Å². The van der Waals surface area contributed by atoms with Crippen LogP contribution in [-0.2, 0) is 30.3 Å². The molecule has 28 heavy (non-hydrogen) atoms. The number of nitrogens with one attached hydrogen (secondary N) is 2. The van der Waals surface area contributed by atoms with E-state index in [2.05, 4.69) is 26.6 Å². The second-order valence-electron chi connectivity index (χ2n) is 6.24. The van der Waals surface area contributed by atoms with Crippen LogP contribution in [0.15, 0.2) is 10.5 Å². The Morgan fingerprint density at radius 2 is 1.96 bits per heavy atom. The van der Waals surface area contributed by atoms with Crippen molar-refractivity contribution in [3.05, 3.63) is 16.1 Å². The van der Waals surface area contributed by atoms with Crippen molar-refractivity contribution < 1.29 is 28.6 Å². The average Bonchev–Trinajstić information content (AvgIpc) is 2.84. The number of hydrogen-bond acceptors (Lipinski definition) is 7. The molecule has 0 aromatic heterocycles. The Morgan fingerprint density at radius 1 is 1.25 bits per heavy atom. The van der Waals surface area contributed by atoms with E-state index in [4.69, 9.17) is 14.2 Å². The van der Waals surface area contributed by atoms with Crippen molar-refractivity contribution >= 4 is 45.2 Å². The molecule has 0 radical (unpaired) electrons. The van der Waals surface area contributed by atoms with Gasteiger partial charge in [0.05, 0.1) is 29.3 Å². The van der Waals surface area contributed by atoms with E-state index in [-0.39, 0.29) is 31.0 Å². The largest absolute Gasteiger partial charge is 0.479 e. The van der Waals surface area contributed by atoms with Crippen molar-refractivity contribution in [2.45, 2.75) is 33.6 Å². The van der Waals surface area contributed by atoms with Crippen LogP contribution in [0.2, 0.25) is 0 Å². The summed E-state index contributed by atoms with van der Waals surface area (Å²) in [5.41, 5.74) is 2.11. The Hall–Kier alpha value is -2.29. The smallest absolute Gasteiger partial charge is 0.344 e. The van der Waals surface area contributed by atoms with Crippen LogP contribution < -0.4 is 15.4 Å². The van der Waals surface area contributed by atoms with E-state index in [1.54, 1.807) is 19.9 Å². The summed E-state index contributed by atoms with van der Waals surface area (Å²) in [5.74, 6) is -0.935. The molecule has 0 spiro atoms. The summed E-state index contributed by atoms with van der Waals surface area (Å²) in [6.45, 7) is 5.62. The number of benzene rings is 1. The Morgan fingerprint density at radius 3 is 2.61 bits per heavy atom. The third-order valence-electron chi connectivity index (χ3n) is 4.17. The van der Waals surface area contributed by atoms with Gasteiger partial charge in [-0.1, -0.05) is 0 Å². The molecular weight excluding hydrogens is 432 g/mol. The number of carbonyl (C=O) groups is 3. The fourth-order valence-corrected chi connectivity index (χ4v) is 3.68. The van der Waals surface area contributed by atoms with Crippen LogP contribution in [0, 0.1) is 5.92 Å². The van der Waals surface area contributed by atoms with Crippen molar-refractivity contribution in [1.82, 2.24) is 0 Å². The first-order valence-corrected chi connectivity index (χ1v) is 9.98. The molecule has 0 saturated carbocycles. The number of fused-ring (bicyclic) bond motifs is 1. The Kier molecular flexibility index (Phi) is 8.10. The van der Waals surface area contributed by atoms with Crippen molar-refractivity contribution in [3.8, 4) is 5.75 Å². The SMILES string of the molecule is CCOC(=O)COc1c(NC(C)=O)cc2c(c1Br)CCC(C(=O)OCC)CN2. The maximum absolute atomic E-state index is 12.1. The molecule has 154 valence electrons. The van der Waals surface area contributed by atoms with Gasteiger partial charge in [0.25, 0.3) is 0 Å². The molecule has 9 heteroatoms. The van der Waals surface area contributed by atoms with Gasteiger partial charge in [0.15, 0.2) is 12.4 Å². The van der Waals surface area contributed by atoms with Gasteiger partial charge in [0.2, 0.25) is 5.91 Å². The molecule has 1 amide bonds. The highest BCUT2D eigenvalue weighted by atomic mass is 79.9. The van der Waals surface area contributed by atoms with E-state index < -0.39 is 5.97 Å². The fraction of sp³-hybridized carbons (Fsp3) is 0.526. The molecule has 0 aliphatic carbocycles. The minimum absolute atomic E-state index is 0.236. The predicted octanol–water partition coefficient (Wildman–Crippen LogP) is 2.89. The van der Waals surface area contributed by atoms with E-state index in [1.807, 2.05) is 0 Å². The lowest BCUT2D eigenvalue weighted by atomic mass is 10.0. The Bertz CT molecular complexity index is 752. The monoisotopic (exact) mass is 456 g/mol. The van der Waals surface area contributed by atoms with Gasteiger partial charge in [-0.3, -0.25) is 9.59 Å². The zero-order valence-corrected chi connectivity index (χ0v) is 17.8. The third kappa shape index (κ3) is 5.60. The second-order valence-corrected chi connectivity index (χ2v) is 7.03. The number of amides is 1. The average molecular weight is 457 g/mol. The third-order valence-corrected chi connectivity index (χ3v) is 5.01. The van der Waals surface area contributed by atoms with Gasteiger partial charge in [-0.15, -0.1) is 0 Å². The van der Waals surface area contributed by atoms with Gasteiger partial charge in [0, 0.05) is 19.2 Å². The number of halogens is 1. The van der Waals surface area contributed by atoms with E-state index in [0.717, 1.165) is 11.3 Å². The summed E-state index contributed by atoms with van der Waals surface area (Å²) in [6, 6.07) is 1.75. The summed E-state index contributed by atoms with van der Waals surface area (Å²) < 4.78 is 16.3. The molecule has 2 N–H and O–H groups in total. The highest BCUT2D eigenvalue weighted by Gasteiger charge is 2.27. The maximum atomic E-state index is 12.1. The van der Waals surface area contributed by atoms with E-state index >= 15 is 0 Å². The lowest BCUT2D eigenvalue weighted by Crippen LogP contribution is -2.24. The Labute approximate surface area is 172 Å². The lowest BCUT2D eigenvalue weighted by molar-refractivity contribution is -0.148. The number of ether oxygens (including phenoxy) is 3. The molecule has 2 rings (SSSR count). The normalized spacial score (nSPS) is 15.5. The molecule has 1 aromatic carbocycles. The van der Waals surface area contributed by atoms with Crippen molar-refractivity contribution in [1.29, 1.82) is 0 Å². The highest BCUT2D eigenvalue weighted by molar-refractivity contribution is 9.10. The number of rotatable bonds is 7. The van der Waals surface area contributed by atoms with Crippen LogP contribution >= 0.6 is 15.9 Å². The van der Waals surface area contributed by atoms with Crippen LogP contribution in [0.1, 0.15) is 32.8 Å². The van der Waals surface area contributed by atoms with Gasteiger partial charge in [-0.2, -0.15) is 0 Å². The van der Waals surface area contributed by atoms with Crippen molar-refractivity contribution in [3.63, 3.8) is 0 Å². The summed E-state index contributed by atoms with van der Waals surface area (Å²) in [4.78, 5) is 35.4. The van der Waals surface area contributed by atoms with Gasteiger partial charge >= 0.3 is 11.9 Å². The van der Waals surface area contributed by atoms with E-state index in [0.29, 0.717) is 41.9 Å². The van der Waals surface area contributed by atoms with Crippen LogP contribution in [0.5, 0.6) is 5.75 Å². The van der Waals surface area contributed by atoms with Crippen LogP contribution in [0.4, 0.5) is 11.4 Å². The summed E-state index contributed by atoms with van der Waals surface area (Å²) in [6.07, 6.45) is 1.21. The summed E-state index contributed by atoms with van der Waals surface area (Å²) >= 11 is 3.53. The molecule has 0 fully saturated rings. The van der Waals surface area contributed by atoms with Gasteiger partial charge < -0.3 is 24.8 Å². The molecule has 1 heterocycles. The first kappa shape index (κ1) is 22.0. The first-order valence-electron chi connectivity index (χ1n) is 9.19. The Balaban J connectivity index is 2.31. The van der Waals surface area contributed by atoms with Crippen LogP contribution in [0.25, 0.3) is 0 Å². The van der Waals surface area contributed by atoms with Crippen molar-refractivity contribution in [2.75, 3.05) is 37.0 Å². The zero-order chi connectivity index (χ0) is 20.7. The fourth-order valence-electron chi connectivity index (χ4n) is 2.95. The van der Waals surface area contributed by atoms with Crippen LogP contribution in [-0.4, -0.2) is 44.2 Å². The lowest BCUT2D eigenvalue weighted by Gasteiger charge is -2.19. The second kappa shape index (κ2) is 10.3. The molecule has 1 aliphatic heterocycles. The maximum Gasteiger partial charge on any atom is 0.344 e. The molecule has 0 saturated heterocycles. The summed E-state index contributed by atoms with van der Waals surface area (Å²) in [5, 5.41) is 5.97. The number of anilines is 2. The molecule has 0 bridgehead atoms. The predicted molar refractivity (Wildman–Crippen MR) is 108 cm³/mol. The molecule has 1 atom stereocenters. The molecule has 1 aliphatic rings.